The number of likely N-dealkylation sites (tertiary alicyclic amines) is 1. The highest BCUT2D eigenvalue weighted by atomic mass is 16.6. The molecule has 1 fully saturated rings. The van der Waals surface area contributed by atoms with Crippen LogP contribution in [0.25, 0.3) is 5.57 Å². The molecule has 1 aromatic carbocycles. The lowest BCUT2D eigenvalue weighted by atomic mass is 9.92. The van der Waals surface area contributed by atoms with Crippen molar-refractivity contribution >= 4 is 23.5 Å². The number of ether oxygens (including phenoxy) is 1. The monoisotopic (exact) mass is 373 g/mol. The maximum absolute atomic E-state index is 12.7. The molecule has 1 aliphatic heterocycles. The molecule has 0 unspecified atom stereocenters. The number of hydrazine groups is 1. The van der Waals surface area contributed by atoms with Crippen molar-refractivity contribution < 1.29 is 19.1 Å². The van der Waals surface area contributed by atoms with Crippen LogP contribution in [0.5, 0.6) is 0 Å². The Bertz CT molecular complexity index is 725. The Labute approximate surface area is 159 Å². The van der Waals surface area contributed by atoms with Crippen LogP contribution in [0.3, 0.4) is 0 Å². The summed E-state index contributed by atoms with van der Waals surface area (Å²) in [6, 6.07) is 9.31. The molecule has 1 saturated heterocycles. The smallest absolute Gasteiger partial charge is 0.410 e. The number of carbonyl (C=O) groups is 3. The standard InChI is InChI=1S/C20H27N3O4/c1-14(24)21-22-18(25)17(15-8-6-5-7-9-15)16-10-12-23(13-11-16)19(26)27-20(2,3)4/h5-9H,10-13H2,1-4H3,(H,21,24)(H,22,25). The number of amides is 3. The third-order valence-corrected chi connectivity index (χ3v) is 4.01. The number of benzene rings is 1. The second-order valence-electron chi connectivity index (χ2n) is 7.45. The summed E-state index contributed by atoms with van der Waals surface area (Å²) in [6.45, 7) is 7.79. The fraction of sp³-hybridized carbons (Fsp3) is 0.450. The molecule has 7 heteroatoms. The minimum Gasteiger partial charge on any atom is -0.444 e. The molecule has 1 aliphatic rings. The van der Waals surface area contributed by atoms with Crippen molar-refractivity contribution in [3.05, 3.63) is 41.5 Å². The van der Waals surface area contributed by atoms with Crippen LogP contribution >= 0.6 is 0 Å². The van der Waals surface area contributed by atoms with Gasteiger partial charge in [0.25, 0.3) is 5.91 Å². The van der Waals surface area contributed by atoms with Crippen LogP contribution in [0.4, 0.5) is 4.79 Å². The molecular formula is C20H27N3O4. The summed E-state index contributed by atoms with van der Waals surface area (Å²) in [7, 11) is 0. The van der Waals surface area contributed by atoms with Gasteiger partial charge in [-0.05, 0) is 39.2 Å². The van der Waals surface area contributed by atoms with Crippen LogP contribution in [0.1, 0.15) is 46.1 Å². The van der Waals surface area contributed by atoms with Crippen molar-refractivity contribution in [3.8, 4) is 0 Å². The van der Waals surface area contributed by atoms with E-state index < -0.39 is 5.60 Å². The van der Waals surface area contributed by atoms with Crippen molar-refractivity contribution in [1.82, 2.24) is 15.8 Å². The minimum atomic E-state index is -0.541. The zero-order valence-corrected chi connectivity index (χ0v) is 16.3. The molecule has 7 nitrogen and oxygen atoms in total. The first kappa shape index (κ1) is 20.5. The minimum absolute atomic E-state index is 0.342. The third kappa shape index (κ3) is 6.13. The zero-order valence-electron chi connectivity index (χ0n) is 16.3. The number of carbonyl (C=O) groups excluding carboxylic acids is 3. The second kappa shape index (κ2) is 8.70. The molecule has 0 atom stereocenters. The zero-order chi connectivity index (χ0) is 20.0. The summed E-state index contributed by atoms with van der Waals surface area (Å²) in [5.41, 5.74) is 6.49. The summed E-state index contributed by atoms with van der Waals surface area (Å²) >= 11 is 0. The van der Waals surface area contributed by atoms with Crippen molar-refractivity contribution in [1.29, 1.82) is 0 Å². The van der Waals surface area contributed by atoms with E-state index in [1.807, 2.05) is 51.1 Å². The lowest BCUT2D eigenvalue weighted by molar-refractivity contribution is -0.125. The molecule has 2 N–H and O–H groups in total. The number of hydrogen-bond donors (Lipinski definition) is 2. The first-order chi connectivity index (χ1) is 12.7. The Morgan fingerprint density at radius 2 is 1.59 bits per heavy atom. The average molecular weight is 373 g/mol. The van der Waals surface area contributed by atoms with Crippen LogP contribution in [0.15, 0.2) is 35.9 Å². The number of piperidine rings is 1. The average Bonchev–Trinajstić information content (AvgIpc) is 2.60. The van der Waals surface area contributed by atoms with E-state index in [1.54, 1.807) is 4.90 Å². The molecule has 1 heterocycles. The van der Waals surface area contributed by atoms with Crippen molar-refractivity contribution in [2.45, 2.75) is 46.1 Å². The molecule has 2 rings (SSSR count). The van der Waals surface area contributed by atoms with Gasteiger partial charge in [0, 0.05) is 25.6 Å². The summed E-state index contributed by atoms with van der Waals surface area (Å²) in [4.78, 5) is 37.7. The fourth-order valence-corrected chi connectivity index (χ4v) is 2.84. The van der Waals surface area contributed by atoms with Gasteiger partial charge in [-0.15, -0.1) is 0 Å². The van der Waals surface area contributed by atoms with Crippen LogP contribution in [0, 0.1) is 0 Å². The second-order valence-corrected chi connectivity index (χ2v) is 7.45. The molecule has 0 saturated carbocycles. The number of rotatable bonds is 2. The molecule has 0 aromatic heterocycles. The van der Waals surface area contributed by atoms with Crippen molar-refractivity contribution in [2.24, 2.45) is 0 Å². The summed E-state index contributed by atoms with van der Waals surface area (Å²) in [5, 5.41) is 0. The van der Waals surface area contributed by atoms with E-state index in [0.29, 0.717) is 31.5 Å². The normalized spacial score (nSPS) is 14.4. The molecule has 3 amide bonds. The van der Waals surface area contributed by atoms with Gasteiger partial charge in [0.1, 0.15) is 5.60 Å². The summed E-state index contributed by atoms with van der Waals surface area (Å²) < 4.78 is 5.41. The van der Waals surface area contributed by atoms with E-state index in [4.69, 9.17) is 4.74 Å². The van der Waals surface area contributed by atoms with E-state index in [9.17, 15) is 14.4 Å². The summed E-state index contributed by atoms with van der Waals surface area (Å²) in [5.74, 6) is -0.711. The van der Waals surface area contributed by atoms with Gasteiger partial charge < -0.3 is 9.64 Å². The number of hydrogen-bond acceptors (Lipinski definition) is 4. The lowest BCUT2D eigenvalue weighted by Gasteiger charge is -2.31. The number of nitrogens with one attached hydrogen (secondary N) is 2. The predicted octanol–water partition coefficient (Wildman–Crippen LogP) is 2.64. The molecule has 27 heavy (non-hydrogen) atoms. The summed E-state index contributed by atoms with van der Waals surface area (Å²) in [6.07, 6.45) is 0.791. The molecule has 0 aliphatic carbocycles. The highest BCUT2D eigenvalue weighted by molar-refractivity contribution is 6.20. The number of nitrogens with zero attached hydrogens (tertiary/aromatic N) is 1. The van der Waals surface area contributed by atoms with Crippen molar-refractivity contribution in [3.63, 3.8) is 0 Å². The van der Waals surface area contributed by atoms with Gasteiger partial charge in [0.15, 0.2) is 0 Å². The highest BCUT2D eigenvalue weighted by Gasteiger charge is 2.27. The highest BCUT2D eigenvalue weighted by Crippen LogP contribution is 2.27. The van der Waals surface area contributed by atoms with E-state index in [0.717, 1.165) is 11.1 Å². The van der Waals surface area contributed by atoms with Gasteiger partial charge >= 0.3 is 6.09 Å². The van der Waals surface area contributed by atoms with Crippen LogP contribution in [-0.4, -0.2) is 41.5 Å². The molecule has 146 valence electrons. The van der Waals surface area contributed by atoms with Gasteiger partial charge in [-0.3, -0.25) is 20.4 Å². The fourth-order valence-electron chi connectivity index (χ4n) is 2.84. The molecule has 0 spiro atoms. The molecule has 1 aromatic rings. The van der Waals surface area contributed by atoms with Gasteiger partial charge in [-0.25, -0.2) is 4.79 Å². The van der Waals surface area contributed by atoms with E-state index >= 15 is 0 Å². The van der Waals surface area contributed by atoms with Gasteiger partial charge in [-0.2, -0.15) is 0 Å². The third-order valence-electron chi connectivity index (χ3n) is 4.01. The maximum Gasteiger partial charge on any atom is 0.410 e. The van der Waals surface area contributed by atoms with Gasteiger partial charge in [0.2, 0.25) is 5.91 Å². The topological polar surface area (TPSA) is 87.7 Å². The Morgan fingerprint density at radius 1 is 1.00 bits per heavy atom. The lowest BCUT2D eigenvalue weighted by Crippen LogP contribution is -2.42. The van der Waals surface area contributed by atoms with Gasteiger partial charge in [0.05, 0.1) is 0 Å². The Kier molecular flexibility index (Phi) is 6.60. The van der Waals surface area contributed by atoms with E-state index in [1.165, 1.54) is 6.92 Å². The van der Waals surface area contributed by atoms with Gasteiger partial charge in [-0.1, -0.05) is 35.9 Å². The van der Waals surface area contributed by atoms with Crippen LogP contribution < -0.4 is 10.9 Å². The van der Waals surface area contributed by atoms with E-state index in [-0.39, 0.29) is 17.9 Å². The SMILES string of the molecule is CC(=O)NNC(=O)C(=C1CCN(C(=O)OC(C)(C)C)CC1)c1ccccc1. The first-order valence-corrected chi connectivity index (χ1v) is 8.99. The van der Waals surface area contributed by atoms with Crippen LogP contribution in [-0.2, 0) is 14.3 Å². The maximum atomic E-state index is 12.7. The predicted molar refractivity (Wildman–Crippen MR) is 102 cm³/mol. The molecular weight excluding hydrogens is 346 g/mol. The molecule has 0 radical (unpaired) electrons. The first-order valence-electron chi connectivity index (χ1n) is 8.99. The quantitative estimate of drug-likeness (QED) is 0.616. The Morgan fingerprint density at radius 3 is 2.11 bits per heavy atom. The largest absolute Gasteiger partial charge is 0.444 e. The van der Waals surface area contributed by atoms with E-state index in [2.05, 4.69) is 10.9 Å². The van der Waals surface area contributed by atoms with Crippen molar-refractivity contribution in [2.75, 3.05) is 13.1 Å². The Balaban J connectivity index is 2.18. The van der Waals surface area contributed by atoms with Crippen LogP contribution in [0.2, 0.25) is 0 Å². The molecule has 0 bridgehead atoms. The Hall–Kier alpha value is -2.83.